The Labute approximate surface area is 215 Å². The van der Waals surface area contributed by atoms with E-state index < -0.39 is 17.2 Å². The molecule has 1 aromatic heterocycles. The molecular formula is C27H43N3O6. The van der Waals surface area contributed by atoms with E-state index in [1.54, 1.807) is 12.3 Å². The van der Waals surface area contributed by atoms with E-state index in [9.17, 15) is 14.4 Å². The molecule has 1 fully saturated rings. The van der Waals surface area contributed by atoms with Gasteiger partial charge in [-0.1, -0.05) is 0 Å². The van der Waals surface area contributed by atoms with E-state index in [4.69, 9.17) is 14.2 Å². The van der Waals surface area contributed by atoms with Crippen LogP contribution in [0, 0.1) is 5.92 Å². The van der Waals surface area contributed by atoms with Gasteiger partial charge in [-0.2, -0.15) is 0 Å². The first kappa shape index (κ1) is 29.7. The predicted molar refractivity (Wildman–Crippen MR) is 137 cm³/mol. The lowest BCUT2D eigenvalue weighted by molar-refractivity contribution is -0.158. The highest BCUT2D eigenvalue weighted by atomic mass is 16.6. The molecule has 36 heavy (non-hydrogen) atoms. The zero-order valence-electron chi connectivity index (χ0n) is 23.0. The smallest absolute Gasteiger partial charge is 0.339 e. The van der Waals surface area contributed by atoms with Gasteiger partial charge in [0.15, 0.2) is 0 Å². The molecule has 0 unspecified atom stereocenters. The fourth-order valence-electron chi connectivity index (χ4n) is 4.09. The third-order valence-electron chi connectivity index (χ3n) is 5.73. The molecule has 9 heteroatoms. The molecule has 1 saturated heterocycles. The van der Waals surface area contributed by atoms with E-state index in [0.29, 0.717) is 24.6 Å². The van der Waals surface area contributed by atoms with E-state index in [-0.39, 0.29) is 25.0 Å². The molecule has 2 heterocycles. The Balaban J connectivity index is 2.11. The zero-order chi connectivity index (χ0) is 26.9. The molecule has 0 atom stereocenters. The molecule has 0 radical (unpaired) electrons. The van der Waals surface area contributed by atoms with Crippen LogP contribution in [0.3, 0.4) is 0 Å². The number of nitrogens with zero attached hydrogens (tertiary/aromatic N) is 3. The van der Waals surface area contributed by atoms with Crippen LogP contribution in [0.25, 0.3) is 0 Å². The van der Waals surface area contributed by atoms with Crippen molar-refractivity contribution < 1.29 is 28.6 Å². The van der Waals surface area contributed by atoms with Crippen LogP contribution in [0.5, 0.6) is 0 Å². The van der Waals surface area contributed by atoms with Gasteiger partial charge in [0.25, 0.3) is 0 Å². The minimum Gasteiger partial charge on any atom is -0.465 e. The van der Waals surface area contributed by atoms with Gasteiger partial charge in [0.2, 0.25) is 0 Å². The molecule has 0 N–H and O–H groups in total. The summed E-state index contributed by atoms with van der Waals surface area (Å²) in [6, 6.07) is 3.59. The summed E-state index contributed by atoms with van der Waals surface area (Å²) in [5.41, 5.74) is 0.237. The van der Waals surface area contributed by atoms with E-state index in [1.807, 2.05) is 47.6 Å². The third-order valence-corrected chi connectivity index (χ3v) is 5.73. The zero-order valence-corrected chi connectivity index (χ0v) is 23.0. The van der Waals surface area contributed by atoms with Crippen LogP contribution in [0.1, 0.15) is 70.4 Å². The van der Waals surface area contributed by atoms with Crippen molar-refractivity contribution in [1.29, 1.82) is 0 Å². The Hall–Kier alpha value is -2.52. The molecule has 2 rings (SSSR count). The van der Waals surface area contributed by atoms with Gasteiger partial charge in [0.1, 0.15) is 11.2 Å². The van der Waals surface area contributed by atoms with Crippen molar-refractivity contribution in [1.82, 2.24) is 14.8 Å². The number of esters is 3. The molecule has 1 aliphatic rings. The molecule has 202 valence electrons. The van der Waals surface area contributed by atoms with Gasteiger partial charge < -0.3 is 14.2 Å². The van der Waals surface area contributed by atoms with E-state index in [2.05, 4.69) is 14.8 Å². The average Bonchev–Trinajstić information content (AvgIpc) is 2.83. The Bertz CT molecular complexity index is 831. The Morgan fingerprint density at radius 3 is 1.75 bits per heavy atom. The van der Waals surface area contributed by atoms with Gasteiger partial charge in [-0.3, -0.25) is 24.4 Å². The summed E-state index contributed by atoms with van der Waals surface area (Å²) in [6.07, 6.45) is 4.04. The Morgan fingerprint density at radius 1 is 0.861 bits per heavy atom. The number of carbonyl (C=O) groups is 3. The highest BCUT2D eigenvalue weighted by Crippen LogP contribution is 2.19. The first-order chi connectivity index (χ1) is 16.7. The minimum atomic E-state index is -0.538. The number of rotatable bonds is 7. The van der Waals surface area contributed by atoms with Crippen LogP contribution in [0.2, 0.25) is 0 Å². The normalized spacial score (nSPS) is 17.0. The van der Waals surface area contributed by atoms with Crippen molar-refractivity contribution in [3.8, 4) is 0 Å². The summed E-state index contributed by atoms with van der Waals surface area (Å²) >= 11 is 0. The summed E-state index contributed by atoms with van der Waals surface area (Å²) in [7, 11) is 1.35. The molecule has 0 aliphatic carbocycles. The first-order valence-corrected chi connectivity index (χ1v) is 12.7. The third kappa shape index (κ3) is 11.5. The summed E-state index contributed by atoms with van der Waals surface area (Å²) in [6.45, 7) is 14.4. The van der Waals surface area contributed by atoms with E-state index in [0.717, 1.165) is 38.0 Å². The maximum Gasteiger partial charge on any atom is 0.339 e. The standard InChI is InChI=1S/C27H43N3O6/c1-26(2,3)35-23(31)18-29-12-10-20(16-22-9-8-21(17-28-22)25(33)34-7)11-13-30(15-14-29)19-24(32)36-27(4,5)6/h8-9,17,20H,10-16,18-19H2,1-7H3. The lowest BCUT2D eigenvalue weighted by atomic mass is 9.94. The van der Waals surface area contributed by atoms with Crippen LogP contribution in [-0.2, 0) is 30.2 Å². The Kier molecular flexibility index (Phi) is 10.8. The van der Waals surface area contributed by atoms with Crippen molar-refractivity contribution >= 4 is 17.9 Å². The topological polar surface area (TPSA) is 98.3 Å². The molecule has 0 aromatic carbocycles. The highest BCUT2D eigenvalue weighted by Gasteiger charge is 2.25. The lowest BCUT2D eigenvalue weighted by Crippen LogP contribution is -2.42. The number of carbonyl (C=O) groups excluding carboxylic acids is 3. The maximum absolute atomic E-state index is 12.5. The number of hydrogen-bond acceptors (Lipinski definition) is 9. The Morgan fingerprint density at radius 2 is 1.36 bits per heavy atom. The molecule has 0 bridgehead atoms. The van der Waals surface area contributed by atoms with Crippen LogP contribution < -0.4 is 0 Å². The largest absolute Gasteiger partial charge is 0.465 e. The van der Waals surface area contributed by atoms with E-state index >= 15 is 0 Å². The summed E-state index contributed by atoms with van der Waals surface area (Å²) < 4.78 is 15.8. The minimum absolute atomic E-state index is 0.205. The van der Waals surface area contributed by atoms with Crippen molar-refractivity contribution in [2.75, 3.05) is 46.4 Å². The van der Waals surface area contributed by atoms with Crippen molar-refractivity contribution in [3.05, 3.63) is 29.6 Å². The molecule has 1 aromatic rings. The number of hydrogen-bond donors (Lipinski definition) is 0. The molecule has 0 amide bonds. The second-order valence-electron chi connectivity index (χ2n) is 11.4. The monoisotopic (exact) mass is 505 g/mol. The SMILES string of the molecule is COC(=O)c1ccc(CC2CCN(CC(=O)OC(C)(C)C)CCN(CC(=O)OC(C)(C)C)CC2)nc1. The predicted octanol–water partition coefficient (Wildman–Crippen LogP) is 3.11. The molecule has 1 aliphatic heterocycles. The number of pyridine rings is 1. The van der Waals surface area contributed by atoms with Crippen molar-refractivity contribution in [2.45, 2.75) is 72.0 Å². The first-order valence-electron chi connectivity index (χ1n) is 12.7. The van der Waals surface area contributed by atoms with Gasteiger partial charge in [-0.15, -0.1) is 0 Å². The summed E-state index contributed by atoms with van der Waals surface area (Å²) in [4.78, 5) is 45.4. The fraction of sp³-hybridized carbons (Fsp3) is 0.704. The van der Waals surface area contributed by atoms with Gasteiger partial charge >= 0.3 is 17.9 Å². The maximum atomic E-state index is 12.5. The van der Waals surface area contributed by atoms with Gasteiger partial charge in [-0.05, 0) is 91.9 Å². The van der Waals surface area contributed by atoms with Crippen LogP contribution in [0.4, 0.5) is 0 Å². The number of methoxy groups -OCH3 is 1. The molecule has 9 nitrogen and oxygen atoms in total. The summed E-state index contributed by atoms with van der Waals surface area (Å²) in [5, 5.41) is 0. The van der Waals surface area contributed by atoms with Crippen LogP contribution >= 0.6 is 0 Å². The average molecular weight is 506 g/mol. The van der Waals surface area contributed by atoms with Crippen LogP contribution in [0.15, 0.2) is 18.3 Å². The van der Waals surface area contributed by atoms with Crippen molar-refractivity contribution in [3.63, 3.8) is 0 Å². The van der Waals surface area contributed by atoms with Crippen molar-refractivity contribution in [2.24, 2.45) is 5.92 Å². The number of ether oxygens (including phenoxy) is 3. The summed E-state index contributed by atoms with van der Waals surface area (Å²) in [5.74, 6) is -0.622. The van der Waals surface area contributed by atoms with Gasteiger partial charge in [0, 0.05) is 25.0 Å². The highest BCUT2D eigenvalue weighted by molar-refractivity contribution is 5.88. The van der Waals surface area contributed by atoms with Gasteiger partial charge in [0.05, 0.1) is 25.8 Å². The van der Waals surface area contributed by atoms with Gasteiger partial charge in [-0.25, -0.2) is 4.79 Å². The second kappa shape index (κ2) is 13.1. The molecular weight excluding hydrogens is 462 g/mol. The molecule has 0 saturated carbocycles. The fourth-order valence-corrected chi connectivity index (χ4v) is 4.09. The molecule has 0 spiro atoms. The lowest BCUT2D eigenvalue weighted by Gasteiger charge is -2.27. The van der Waals surface area contributed by atoms with Crippen LogP contribution in [-0.4, -0.2) is 90.3 Å². The quantitative estimate of drug-likeness (QED) is 0.409. The number of aromatic nitrogens is 1. The van der Waals surface area contributed by atoms with E-state index in [1.165, 1.54) is 7.11 Å². The second-order valence-corrected chi connectivity index (χ2v) is 11.4.